The fraction of sp³-hybridized carbons (Fsp3) is 0.125. The highest BCUT2D eigenvalue weighted by molar-refractivity contribution is 7.17. The van der Waals surface area contributed by atoms with Gasteiger partial charge in [0.15, 0.2) is 11.6 Å². The standard InChI is InChI=1S/C16H11F3OS/c17-12-7-14(19)13(18)6-11(12)15(20)5-9-8-21-16-4-2-1-3-10(9)16/h1-4,6-8,15,20H,5H2. The monoisotopic (exact) mass is 308 g/mol. The number of fused-ring (bicyclic) bond motifs is 1. The van der Waals surface area contributed by atoms with Crippen LogP contribution in [0.15, 0.2) is 41.8 Å². The highest BCUT2D eigenvalue weighted by atomic mass is 32.1. The van der Waals surface area contributed by atoms with Gasteiger partial charge >= 0.3 is 0 Å². The summed E-state index contributed by atoms with van der Waals surface area (Å²) in [6.07, 6.45) is -1.08. The van der Waals surface area contributed by atoms with E-state index in [1.807, 2.05) is 29.6 Å². The topological polar surface area (TPSA) is 20.2 Å². The Morgan fingerprint density at radius 3 is 2.52 bits per heavy atom. The number of aliphatic hydroxyl groups excluding tert-OH is 1. The van der Waals surface area contributed by atoms with Crippen molar-refractivity contribution >= 4 is 21.4 Å². The zero-order valence-electron chi connectivity index (χ0n) is 10.8. The molecule has 3 rings (SSSR count). The van der Waals surface area contributed by atoms with Crippen LogP contribution in [-0.2, 0) is 6.42 Å². The lowest BCUT2D eigenvalue weighted by Crippen LogP contribution is -2.06. The summed E-state index contributed by atoms with van der Waals surface area (Å²) >= 11 is 1.52. The molecule has 0 saturated heterocycles. The summed E-state index contributed by atoms with van der Waals surface area (Å²) in [7, 11) is 0. The van der Waals surface area contributed by atoms with Gasteiger partial charge in [0.05, 0.1) is 6.10 Å². The van der Waals surface area contributed by atoms with Gasteiger partial charge in [-0.25, -0.2) is 13.2 Å². The fourth-order valence-corrected chi connectivity index (χ4v) is 3.28. The molecule has 108 valence electrons. The van der Waals surface area contributed by atoms with Gasteiger partial charge < -0.3 is 5.11 Å². The van der Waals surface area contributed by atoms with Crippen molar-refractivity contribution in [3.63, 3.8) is 0 Å². The van der Waals surface area contributed by atoms with E-state index < -0.39 is 23.6 Å². The number of halogens is 3. The first-order valence-electron chi connectivity index (χ1n) is 6.34. The maximum Gasteiger partial charge on any atom is 0.161 e. The summed E-state index contributed by atoms with van der Waals surface area (Å²) in [5, 5.41) is 13.0. The maximum atomic E-state index is 13.7. The molecule has 21 heavy (non-hydrogen) atoms. The Morgan fingerprint density at radius 1 is 1.00 bits per heavy atom. The van der Waals surface area contributed by atoms with Gasteiger partial charge in [-0.2, -0.15) is 0 Å². The van der Waals surface area contributed by atoms with Crippen LogP contribution in [0, 0.1) is 17.5 Å². The average molecular weight is 308 g/mol. The van der Waals surface area contributed by atoms with Gasteiger partial charge in [-0.05, 0) is 28.5 Å². The molecule has 1 nitrogen and oxygen atoms in total. The molecule has 0 aliphatic heterocycles. The van der Waals surface area contributed by atoms with Crippen LogP contribution in [0.5, 0.6) is 0 Å². The highest BCUT2D eigenvalue weighted by Gasteiger charge is 2.18. The van der Waals surface area contributed by atoms with E-state index in [9.17, 15) is 18.3 Å². The summed E-state index contributed by atoms with van der Waals surface area (Å²) < 4.78 is 40.8. The summed E-state index contributed by atoms with van der Waals surface area (Å²) in [6.45, 7) is 0. The molecular weight excluding hydrogens is 297 g/mol. The van der Waals surface area contributed by atoms with Crippen molar-refractivity contribution in [2.45, 2.75) is 12.5 Å². The molecule has 5 heteroatoms. The van der Waals surface area contributed by atoms with Crippen LogP contribution in [-0.4, -0.2) is 5.11 Å². The first kappa shape index (κ1) is 14.1. The Balaban J connectivity index is 1.93. The third-order valence-electron chi connectivity index (χ3n) is 3.37. The molecular formula is C16H11F3OS. The first-order chi connectivity index (χ1) is 10.1. The number of hydrogen-bond acceptors (Lipinski definition) is 2. The number of benzene rings is 2. The molecule has 0 aliphatic carbocycles. The van der Waals surface area contributed by atoms with Crippen LogP contribution in [0.4, 0.5) is 13.2 Å². The van der Waals surface area contributed by atoms with Gasteiger partial charge in [-0.15, -0.1) is 11.3 Å². The third-order valence-corrected chi connectivity index (χ3v) is 4.39. The smallest absolute Gasteiger partial charge is 0.161 e. The van der Waals surface area contributed by atoms with Gasteiger partial charge in [0.2, 0.25) is 0 Å². The normalized spacial score (nSPS) is 12.8. The quantitative estimate of drug-likeness (QED) is 0.701. The number of hydrogen-bond donors (Lipinski definition) is 1. The Morgan fingerprint density at radius 2 is 1.71 bits per heavy atom. The number of aliphatic hydroxyl groups is 1. The van der Waals surface area contributed by atoms with E-state index in [0.29, 0.717) is 12.1 Å². The Hall–Kier alpha value is -1.85. The van der Waals surface area contributed by atoms with Crippen LogP contribution < -0.4 is 0 Å². The zero-order chi connectivity index (χ0) is 15.0. The third kappa shape index (κ3) is 2.66. The molecule has 2 aromatic carbocycles. The van der Waals surface area contributed by atoms with Gasteiger partial charge in [0.1, 0.15) is 5.82 Å². The van der Waals surface area contributed by atoms with E-state index in [0.717, 1.165) is 15.6 Å². The minimum Gasteiger partial charge on any atom is -0.388 e. The van der Waals surface area contributed by atoms with Crippen molar-refractivity contribution in [3.8, 4) is 0 Å². The predicted molar refractivity (Wildman–Crippen MR) is 76.8 cm³/mol. The SMILES string of the molecule is OC(Cc1csc2ccccc12)c1cc(F)c(F)cc1F. The Labute approximate surface area is 123 Å². The van der Waals surface area contributed by atoms with E-state index in [2.05, 4.69) is 0 Å². The summed E-state index contributed by atoms with van der Waals surface area (Å²) in [5.41, 5.74) is 0.622. The van der Waals surface area contributed by atoms with Crippen molar-refractivity contribution < 1.29 is 18.3 Å². The molecule has 0 fully saturated rings. The molecule has 1 aromatic heterocycles. The fourth-order valence-electron chi connectivity index (χ4n) is 2.30. The first-order valence-corrected chi connectivity index (χ1v) is 7.22. The maximum absolute atomic E-state index is 13.7. The predicted octanol–water partition coefficient (Wildman–Crippen LogP) is 4.59. The largest absolute Gasteiger partial charge is 0.388 e. The van der Waals surface area contributed by atoms with Crippen molar-refractivity contribution in [2.24, 2.45) is 0 Å². The van der Waals surface area contributed by atoms with Crippen LogP contribution in [0.1, 0.15) is 17.2 Å². The van der Waals surface area contributed by atoms with Crippen LogP contribution in [0.3, 0.4) is 0 Å². The van der Waals surface area contributed by atoms with Gasteiger partial charge in [0.25, 0.3) is 0 Å². The molecule has 0 spiro atoms. The van der Waals surface area contributed by atoms with E-state index in [1.165, 1.54) is 11.3 Å². The molecule has 0 amide bonds. The highest BCUT2D eigenvalue weighted by Crippen LogP contribution is 2.30. The zero-order valence-corrected chi connectivity index (χ0v) is 11.6. The second kappa shape index (κ2) is 5.50. The molecule has 1 heterocycles. The summed E-state index contributed by atoms with van der Waals surface area (Å²) in [4.78, 5) is 0. The van der Waals surface area contributed by atoms with Crippen molar-refractivity contribution in [3.05, 3.63) is 70.4 Å². The minimum atomic E-state index is -1.26. The minimum absolute atomic E-state index is 0.145. The van der Waals surface area contributed by atoms with Crippen LogP contribution in [0.2, 0.25) is 0 Å². The summed E-state index contributed by atoms with van der Waals surface area (Å²) in [6, 6.07) is 8.82. The Bertz CT molecular complexity index is 797. The second-order valence-electron chi connectivity index (χ2n) is 4.76. The van der Waals surface area contributed by atoms with Gasteiger partial charge in [-0.3, -0.25) is 0 Å². The van der Waals surface area contributed by atoms with E-state index in [-0.39, 0.29) is 12.0 Å². The molecule has 1 atom stereocenters. The Kier molecular flexibility index (Phi) is 3.69. The number of thiophene rings is 1. The van der Waals surface area contributed by atoms with E-state index in [4.69, 9.17) is 0 Å². The lowest BCUT2D eigenvalue weighted by Gasteiger charge is -2.12. The average Bonchev–Trinajstić information content (AvgIpc) is 2.86. The van der Waals surface area contributed by atoms with Crippen molar-refractivity contribution in [1.82, 2.24) is 0 Å². The molecule has 0 aliphatic rings. The molecule has 0 radical (unpaired) electrons. The van der Waals surface area contributed by atoms with Crippen molar-refractivity contribution in [1.29, 1.82) is 0 Å². The number of rotatable bonds is 3. The van der Waals surface area contributed by atoms with Gasteiger partial charge in [0, 0.05) is 22.8 Å². The summed E-state index contributed by atoms with van der Waals surface area (Å²) in [5.74, 6) is -3.37. The lowest BCUT2D eigenvalue weighted by atomic mass is 10.0. The van der Waals surface area contributed by atoms with E-state index in [1.54, 1.807) is 0 Å². The van der Waals surface area contributed by atoms with Crippen LogP contribution in [0.25, 0.3) is 10.1 Å². The molecule has 1 unspecified atom stereocenters. The van der Waals surface area contributed by atoms with Gasteiger partial charge in [-0.1, -0.05) is 18.2 Å². The molecule has 3 aromatic rings. The lowest BCUT2D eigenvalue weighted by molar-refractivity contribution is 0.173. The molecule has 0 saturated carbocycles. The van der Waals surface area contributed by atoms with Crippen molar-refractivity contribution in [2.75, 3.05) is 0 Å². The molecule has 0 bridgehead atoms. The second-order valence-corrected chi connectivity index (χ2v) is 5.68. The van der Waals surface area contributed by atoms with E-state index >= 15 is 0 Å². The van der Waals surface area contributed by atoms with Crippen LogP contribution >= 0.6 is 11.3 Å². The molecule has 1 N–H and O–H groups in total.